The molecule has 1 aromatic rings. The third kappa shape index (κ3) is 2.06. The largest absolute Gasteiger partial charge is 0.476 e. The number of hydrogen-bond donors (Lipinski definition) is 2. The molecule has 0 unspecified atom stereocenters. The van der Waals surface area contributed by atoms with E-state index in [1.54, 1.807) is 0 Å². The minimum Gasteiger partial charge on any atom is -0.476 e. The molecule has 0 spiro atoms. The number of hydrogen-bond acceptors (Lipinski definition) is 3. The number of aromatic carboxylic acids is 1. The second kappa shape index (κ2) is 3.87. The van der Waals surface area contributed by atoms with Crippen LogP contribution >= 0.6 is 0 Å². The van der Waals surface area contributed by atoms with Crippen molar-refractivity contribution in [2.45, 2.75) is 13.5 Å². The Labute approximate surface area is 69.4 Å². The summed E-state index contributed by atoms with van der Waals surface area (Å²) < 4.78 is 5.05. The fourth-order valence-electron chi connectivity index (χ4n) is 0.757. The lowest BCUT2D eigenvalue weighted by molar-refractivity contribution is 0.0690. The standard InChI is InChI=1S/C7H10N2O3/c1-2-12-4-5-3-6(7(10)11)9-8-5/h3H,2,4H2,1H3,(H,8,9)(H,10,11). The predicted molar refractivity (Wildman–Crippen MR) is 40.9 cm³/mol. The quantitative estimate of drug-likeness (QED) is 0.695. The van der Waals surface area contributed by atoms with E-state index >= 15 is 0 Å². The van der Waals surface area contributed by atoms with Crippen molar-refractivity contribution >= 4 is 5.97 Å². The highest BCUT2D eigenvalue weighted by Crippen LogP contribution is 2.00. The maximum Gasteiger partial charge on any atom is 0.356 e. The monoisotopic (exact) mass is 170 g/mol. The van der Waals surface area contributed by atoms with Crippen molar-refractivity contribution in [1.29, 1.82) is 0 Å². The lowest BCUT2D eigenvalue weighted by Crippen LogP contribution is -1.95. The number of H-pyrrole nitrogens is 1. The molecule has 0 aliphatic carbocycles. The van der Waals surface area contributed by atoms with Gasteiger partial charge in [0.2, 0.25) is 0 Å². The molecule has 66 valence electrons. The van der Waals surface area contributed by atoms with E-state index < -0.39 is 5.97 Å². The van der Waals surface area contributed by atoms with Crippen LogP contribution in [0.2, 0.25) is 0 Å². The Morgan fingerprint density at radius 2 is 2.58 bits per heavy atom. The molecule has 12 heavy (non-hydrogen) atoms. The summed E-state index contributed by atoms with van der Waals surface area (Å²) in [5.41, 5.74) is 0.693. The van der Waals surface area contributed by atoms with Crippen molar-refractivity contribution in [2.75, 3.05) is 6.61 Å². The van der Waals surface area contributed by atoms with E-state index in [1.165, 1.54) is 6.07 Å². The second-order valence-corrected chi connectivity index (χ2v) is 2.22. The van der Waals surface area contributed by atoms with Gasteiger partial charge in [0.25, 0.3) is 0 Å². The third-order valence-electron chi connectivity index (χ3n) is 1.31. The number of aromatic amines is 1. The summed E-state index contributed by atoms with van der Waals surface area (Å²) in [6, 6.07) is 1.46. The molecule has 0 fully saturated rings. The molecule has 1 aromatic heterocycles. The van der Waals surface area contributed by atoms with Gasteiger partial charge in [-0.15, -0.1) is 0 Å². The van der Waals surface area contributed by atoms with Gasteiger partial charge in [0.15, 0.2) is 5.69 Å². The normalized spacial score (nSPS) is 10.1. The van der Waals surface area contributed by atoms with Crippen LogP contribution in [0.3, 0.4) is 0 Å². The van der Waals surface area contributed by atoms with Gasteiger partial charge in [0.05, 0.1) is 12.3 Å². The molecule has 0 aliphatic heterocycles. The van der Waals surface area contributed by atoms with Crippen LogP contribution < -0.4 is 0 Å². The average molecular weight is 170 g/mol. The topological polar surface area (TPSA) is 75.2 Å². The summed E-state index contributed by atoms with van der Waals surface area (Å²) in [4.78, 5) is 10.4. The fraction of sp³-hybridized carbons (Fsp3) is 0.429. The van der Waals surface area contributed by atoms with Crippen molar-refractivity contribution in [3.8, 4) is 0 Å². The highest BCUT2D eigenvalue weighted by atomic mass is 16.5. The SMILES string of the molecule is CCOCc1cc(C(=O)O)n[nH]1. The van der Waals surface area contributed by atoms with E-state index in [4.69, 9.17) is 9.84 Å². The first-order chi connectivity index (χ1) is 5.74. The molecule has 1 rings (SSSR count). The van der Waals surface area contributed by atoms with Gasteiger partial charge < -0.3 is 9.84 Å². The van der Waals surface area contributed by atoms with Gasteiger partial charge >= 0.3 is 5.97 Å². The maximum atomic E-state index is 10.4. The Balaban J connectivity index is 2.58. The van der Waals surface area contributed by atoms with Crippen LogP contribution in [-0.4, -0.2) is 27.9 Å². The summed E-state index contributed by atoms with van der Waals surface area (Å²) in [5.74, 6) is -1.03. The van der Waals surface area contributed by atoms with Gasteiger partial charge in [0.1, 0.15) is 0 Å². The number of ether oxygens (including phenoxy) is 1. The fourth-order valence-corrected chi connectivity index (χ4v) is 0.757. The predicted octanol–water partition coefficient (Wildman–Crippen LogP) is 0.644. The number of carboxylic acid groups (broad SMARTS) is 1. The van der Waals surface area contributed by atoms with Crippen molar-refractivity contribution in [2.24, 2.45) is 0 Å². The molecule has 1 heterocycles. The van der Waals surface area contributed by atoms with E-state index in [0.29, 0.717) is 18.9 Å². The van der Waals surface area contributed by atoms with E-state index in [0.717, 1.165) is 0 Å². The Morgan fingerprint density at radius 1 is 1.83 bits per heavy atom. The zero-order chi connectivity index (χ0) is 8.97. The summed E-state index contributed by atoms with van der Waals surface area (Å²) >= 11 is 0. The Hall–Kier alpha value is -1.36. The molecule has 5 nitrogen and oxygen atoms in total. The smallest absolute Gasteiger partial charge is 0.356 e. The summed E-state index contributed by atoms with van der Waals surface area (Å²) in [5, 5.41) is 14.6. The molecule has 0 atom stereocenters. The van der Waals surface area contributed by atoms with Crippen LogP contribution in [0.25, 0.3) is 0 Å². The molecule has 5 heteroatoms. The number of aromatic nitrogens is 2. The van der Waals surface area contributed by atoms with Crippen LogP contribution in [-0.2, 0) is 11.3 Å². The highest BCUT2D eigenvalue weighted by molar-refractivity contribution is 5.85. The van der Waals surface area contributed by atoms with E-state index in [2.05, 4.69) is 10.2 Å². The first kappa shape index (κ1) is 8.73. The Bertz CT molecular complexity index is 269. The first-order valence-electron chi connectivity index (χ1n) is 3.59. The van der Waals surface area contributed by atoms with Crippen molar-refractivity contribution in [3.05, 3.63) is 17.5 Å². The van der Waals surface area contributed by atoms with Gasteiger partial charge in [-0.05, 0) is 13.0 Å². The van der Waals surface area contributed by atoms with Gasteiger partial charge in [-0.25, -0.2) is 4.79 Å². The maximum absolute atomic E-state index is 10.4. The zero-order valence-corrected chi connectivity index (χ0v) is 6.70. The zero-order valence-electron chi connectivity index (χ0n) is 6.70. The van der Waals surface area contributed by atoms with Gasteiger partial charge in [-0.1, -0.05) is 0 Å². The second-order valence-electron chi connectivity index (χ2n) is 2.22. The number of nitrogens with one attached hydrogen (secondary N) is 1. The number of carbonyl (C=O) groups is 1. The van der Waals surface area contributed by atoms with E-state index in [9.17, 15) is 4.79 Å². The van der Waals surface area contributed by atoms with Crippen LogP contribution in [0.5, 0.6) is 0 Å². The third-order valence-corrected chi connectivity index (χ3v) is 1.31. The molecule has 0 radical (unpaired) electrons. The van der Waals surface area contributed by atoms with Crippen LogP contribution in [0.15, 0.2) is 6.07 Å². The Morgan fingerprint density at radius 3 is 3.08 bits per heavy atom. The van der Waals surface area contributed by atoms with Crippen LogP contribution in [0.1, 0.15) is 23.1 Å². The summed E-state index contributed by atoms with van der Waals surface area (Å²) in [6.45, 7) is 2.84. The summed E-state index contributed by atoms with van der Waals surface area (Å²) in [7, 11) is 0. The molecule has 0 amide bonds. The van der Waals surface area contributed by atoms with Gasteiger partial charge in [-0.2, -0.15) is 5.10 Å². The Kier molecular flexibility index (Phi) is 2.82. The van der Waals surface area contributed by atoms with Crippen molar-refractivity contribution < 1.29 is 14.6 Å². The lowest BCUT2D eigenvalue weighted by Gasteiger charge is -1.94. The number of rotatable bonds is 4. The van der Waals surface area contributed by atoms with E-state index in [1.807, 2.05) is 6.92 Å². The van der Waals surface area contributed by atoms with Crippen LogP contribution in [0, 0.1) is 0 Å². The highest BCUT2D eigenvalue weighted by Gasteiger charge is 2.07. The molecule has 0 bridgehead atoms. The lowest BCUT2D eigenvalue weighted by atomic mass is 10.4. The average Bonchev–Trinajstić information content (AvgIpc) is 2.48. The molecule has 0 saturated carbocycles. The number of nitrogens with zero attached hydrogens (tertiary/aromatic N) is 1. The van der Waals surface area contributed by atoms with Crippen molar-refractivity contribution in [1.82, 2.24) is 10.2 Å². The first-order valence-corrected chi connectivity index (χ1v) is 3.59. The molecule has 2 N–H and O–H groups in total. The van der Waals surface area contributed by atoms with Gasteiger partial charge in [-0.3, -0.25) is 5.10 Å². The summed E-state index contributed by atoms with van der Waals surface area (Å²) in [6.07, 6.45) is 0. The molecule has 0 saturated heterocycles. The minimum atomic E-state index is -1.03. The molecule has 0 aliphatic rings. The molecular formula is C7H10N2O3. The van der Waals surface area contributed by atoms with Crippen molar-refractivity contribution in [3.63, 3.8) is 0 Å². The number of carboxylic acids is 1. The minimum absolute atomic E-state index is 0.0182. The van der Waals surface area contributed by atoms with Gasteiger partial charge in [0, 0.05) is 6.61 Å². The van der Waals surface area contributed by atoms with Crippen LogP contribution in [0.4, 0.5) is 0 Å². The molecular weight excluding hydrogens is 160 g/mol. The molecule has 0 aromatic carbocycles. The van der Waals surface area contributed by atoms with E-state index in [-0.39, 0.29) is 5.69 Å².